The van der Waals surface area contributed by atoms with Crippen LogP contribution in [0.2, 0.25) is 0 Å². The molecule has 2 fully saturated rings. The van der Waals surface area contributed by atoms with Crippen LogP contribution in [-0.4, -0.2) is 81.1 Å². The number of piperazine rings is 1. The van der Waals surface area contributed by atoms with E-state index in [-0.39, 0.29) is 12.3 Å². The lowest BCUT2D eigenvalue weighted by molar-refractivity contribution is -0.153. The summed E-state index contributed by atoms with van der Waals surface area (Å²) >= 11 is 0. The number of amides is 3. The number of likely N-dealkylation sites (tertiary alicyclic amines) is 1. The standard InChI is InChI=1S/C19H23N5O3/c25-17(13-15-14-24-8-2-1-5-16(24)20-15)21-9-11-23(12-10-21)19(27)18(26)22-6-3-4-7-22/h1-2,5,8,14H,3-4,6-7,9-13H2. The molecule has 0 aromatic carbocycles. The van der Waals surface area contributed by atoms with Crippen molar-refractivity contribution in [1.29, 1.82) is 0 Å². The van der Waals surface area contributed by atoms with Crippen LogP contribution in [0.15, 0.2) is 30.6 Å². The van der Waals surface area contributed by atoms with Gasteiger partial charge in [0.2, 0.25) is 5.91 Å². The smallest absolute Gasteiger partial charge is 0.312 e. The van der Waals surface area contributed by atoms with Gasteiger partial charge in [-0.3, -0.25) is 14.4 Å². The Morgan fingerprint density at radius 1 is 0.852 bits per heavy atom. The van der Waals surface area contributed by atoms with E-state index in [2.05, 4.69) is 4.98 Å². The van der Waals surface area contributed by atoms with Gasteiger partial charge in [0, 0.05) is 51.7 Å². The lowest BCUT2D eigenvalue weighted by Crippen LogP contribution is -2.54. The van der Waals surface area contributed by atoms with Gasteiger partial charge in [-0.05, 0) is 25.0 Å². The molecule has 8 heteroatoms. The molecule has 142 valence electrons. The molecule has 0 radical (unpaired) electrons. The molecule has 2 aliphatic heterocycles. The highest BCUT2D eigenvalue weighted by Crippen LogP contribution is 2.12. The zero-order valence-electron chi connectivity index (χ0n) is 15.2. The number of imidazole rings is 1. The van der Waals surface area contributed by atoms with Gasteiger partial charge in [-0.1, -0.05) is 6.07 Å². The monoisotopic (exact) mass is 369 g/mol. The molecule has 0 spiro atoms. The maximum Gasteiger partial charge on any atom is 0.312 e. The van der Waals surface area contributed by atoms with E-state index in [1.807, 2.05) is 35.0 Å². The van der Waals surface area contributed by atoms with Crippen molar-refractivity contribution in [3.05, 3.63) is 36.3 Å². The largest absolute Gasteiger partial charge is 0.339 e. The first-order chi connectivity index (χ1) is 13.1. The maximum absolute atomic E-state index is 12.6. The van der Waals surface area contributed by atoms with Gasteiger partial charge in [0.15, 0.2) is 0 Å². The average molecular weight is 369 g/mol. The number of nitrogens with zero attached hydrogens (tertiary/aromatic N) is 5. The van der Waals surface area contributed by atoms with Crippen molar-refractivity contribution in [3.8, 4) is 0 Å². The summed E-state index contributed by atoms with van der Waals surface area (Å²) in [5, 5.41) is 0. The van der Waals surface area contributed by atoms with E-state index in [1.165, 1.54) is 0 Å². The third-order valence-electron chi connectivity index (χ3n) is 5.24. The Hall–Kier alpha value is -2.90. The minimum Gasteiger partial charge on any atom is -0.339 e. The summed E-state index contributed by atoms with van der Waals surface area (Å²) in [6.07, 6.45) is 5.93. The van der Waals surface area contributed by atoms with Gasteiger partial charge in [-0.2, -0.15) is 0 Å². The van der Waals surface area contributed by atoms with E-state index in [4.69, 9.17) is 0 Å². The molecule has 27 heavy (non-hydrogen) atoms. The molecule has 8 nitrogen and oxygen atoms in total. The lowest BCUT2D eigenvalue weighted by atomic mass is 10.2. The van der Waals surface area contributed by atoms with Gasteiger partial charge in [-0.25, -0.2) is 4.98 Å². The molecule has 4 heterocycles. The molecule has 4 rings (SSSR count). The summed E-state index contributed by atoms with van der Waals surface area (Å²) in [5.41, 5.74) is 1.55. The fraction of sp³-hybridized carbons (Fsp3) is 0.474. The van der Waals surface area contributed by atoms with E-state index in [1.54, 1.807) is 14.7 Å². The summed E-state index contributed by atoms with van der Waals surface area (Å²) < 4.78 is 1.89. The highest BCUT2D eigenvalue weighted by molar-refractivity contribution is 6.35. The van der Waals surface area contributed by atoms with Crippen LogP contribution < -0.4 is 0 Å². The molecule has 0 atom stereocenters. The van der Waals surface area contributed by atoms with E-state index >= 15 is 0 Å². The van der Waals surface area contributed by atoms with Gasteiger partial charge in [0.1, 0.15) is 5.65 Å². The van der Waals surface area contributed by atoms with E-state index in [0.29, 0.717) is 39.3 Å². The quantitative estimate of drug-likeness (QED) is 0.707. The first-order valence-corrected chi connectivity index (χ1v) is 9.40. The van der Waals surface area contributed by atoms with Crippen molar-refractivity contribution < 1.29 is 14.4 Å². The zero-order valence-corrected chi connectivity index (χ0v) is 15.2. The van der Waals surface area contributed by atoms with E-state index in [9.17, 15) is 14.4 Å². The number of pyridine rings is 1. The normalized spacial score (nSPS) is 17.6. The predicted molar refractivity (Wildman–Crippen MR) is 97.9 cm³/mol. The van der Waals surface area contributed by atoms with Gasteiger partial charge < -0.3 is 19.1 Å². The van der Waals surface area contributed by atoms with Crippen LogP contribution >= 0.6 is 0 Å². The number of carbonyl (C=O) groups excluding carboxylic acids is 3. The van der Waals surface area contributed by atoms with Crippen LogP contribution in [-0.2, 0) is 20.8 Å². The Morgan fingerprint density at radius 3 is 2.15 bits per heavy atom. The minimum atomic E-state index is -0.440. The molecule has 0 saturated carbocycles. The summed E-state index contributed by atoms with van der Waals surface area (Å²) in [6.45, 7) is 3.03. The minimum absolute atomic E-state index is 0.00336. The Bertz CT molecular complexity index is 830. The van der Waals surface area contributed by atoms with Crippen molar-refractivity contribution in [3.63, 3.8) is 0 Å². The molecule has 3 amide bonds. The van der Waals surface area contributed by atoms with Crippen LogP contribution in [0.1, 0.15) is 18.5 Å². The molecular weight excluding hydrogens is 346 g/mol. The molecule has 0 unspecified atom stereocenters. The van der Waals surface area contributed by atoms with Crippen molar-refractivity contribution >= 4 is 23.4 Å². The summed E-state index contributed by atoms with van der Waals surface area (Å²) in [7, 11) is 0. The second kappa shape index (κ2) is 7.38. The van der Waals surface area contributed by atoms with Gasteiger partial charge in [-0.15, -0.1) is 0 Å². The summed E-state index contributed by atoms with van der Waals surface area (Å²) in [4.78, 5) is 46.6. The van der Waals surface area contributed by atoms with Crippen LogP contribution in [0, 0.1) is 0 Å². The van der Waals surface area contributed by atoms with Crippen LogP contribution in [0.25, 0.3) is 5.65 Å². The third-order valence-corrected chi connectivity index (χ3v) is 5.24. The summed E-state index contributed by atoms with van der Waals surface area (Å²) in [5.74, 6) is -0.849. The number of rotatable bonds is 2. The molecular formula is C19H23N5O3. The number of hydrogen-bond donors (Lipinski definition) is 0. The van der Waals surface area contributed by atoms with Crippen molar-refractivity contribution in [1.82, 2.24) is 24.1 Å². The Morgan fingerprint density at radius 2 is 1.48 bits per heavy atom. The number of carbonyl (C=O) groups is 3. The van der Waals surface area contributed by atoms with Crippen molar-refractivity contribution in [2.45, 2.75) is 19.3 Å². The van der Waals surface area contributed by atoms with Gasteiger partial charge >= 0.3 is 11.8 Å². The Balaban J connectivity index is 1.31. The third kappa shape index (κ3) is 3.65. The molecule has 0 N–H and O–H groups in total. The van der Waals surface area contributed by atoms with Crippen LogP contribution in [0.4, 0.5) is 0 Å². The Labute approximate surface area is 157 Å². The van der Waals surface area contributed by atoms with Crippen molar-refractivity contribution in [2.75, 3.05) is 39.3 Å². The second-order valence-corrected chi connectivity index (χ2v) is 7.05. The SMILES string of the molecule is O=C(Cc1cn2ccccc2n1)N1CCN(C(=O)C(=O)N2CCCC2)CC1. The molecule has 2 aromatic heterocycles. The fourth-order valence-electron chi connectivity index (χ4n) is 3.69. The highest BCUT2D eigenvalue weighted by atomic mass is 16.2. The van der Waals surface area contributed by atoms with Gasteiger partial charge in [0.25, 0.3) is 0 Å². The number of fused-ring (bicyclic) bond motifs is 1. The highest BCUT2D eigenvalue weighted by Gasteiger charge is 2.31. The Kier molecular flexibility index (Phi) is 4.79. The molecule has 2 aromatic rings. The number of hydrogen-bond acceptors (Lipinski definition) is 4. The first kappa shape index (κ1) is 17.5. The molecule has 0 aliphatic carbocycles. The fourth-order valence-corrected chi connectivity index (χ4v) is 3.69. The van der Waals surface area contributed by atoms with Crippen LogP contribution in [0.5, 0.6) is 0 Å². The molecule has 2 aliphatic rings. The van der Waals surface area contributed by atoms with E-state index < -0.39 is 11.8 Å². The maximum atomic E-state index is 12.6. The average Bonchev–Trinajstić information content (AvgIpc) is 3.36. The first-order valence-electron chi connectivity index (χ1n) is 9.40. The molecule has 0 bridgehead atoms. The summed E-state index contributed by atoms with van der Waals surface area (Å²) in [6, 6.07) is 5.73. The van der Waals surface area contributed by atoms with Crippen LogP contribution in [0.3, 0.4) is 0 Å². The van der Waals surface area contributed by atoms with Crippen molar-refractivity contribution in [2.24, 2.45) is 0 Å². The van der Waals surface area contributed by atoms with E-state index in [0.717, 1.165) is 24.2 Å². The number of aromatic nitrogens is 2. The lowest BCUT2D eigenvalue weighted by Gasteiger charge is -2.35. The molecule has 2 saturated heterocycles. The predicted octanol–water partition coefficient (Wildman–Crippen LogP) is 0.170. The second-order valence-electron chi connectivity index (χ2n) is 7.05. The van der Waals surface area contributed by atoms with Gasteiger partial charge in [0.05, 0.1) is 12.1 Å². The topological polar surface area (TPSA) is 78.2 Å². The zero-order chi connectivity index (χ0) is 18.8.